The van der Waals surface area contributed by atoms with Crippen molar-refractivity contribution in [3.63, 3.8) is 0 Å². The number of fused-ring (bicyclic) bond motifs is 1. The lowest BCUT2D eigenvalue weighted by molar-refractivity contribution is -0.137. The molecule has 0 saturated heterocycles. The molecule has 5 atom stereocenters. The zero-order chi connectivity index (χ0) is 21.9. The third kappa shape index (κ3) is 5.36. The molecule has 1 aliphatic carbocycles. The number of hydrogen-bond acceptors (Lipinski definition) is 2. The van der Waals surface area contributed by atoms with Crippen LogP contribution in [0.25, 0.3) is 0 Å². The summed E-state index contributed by atoms with van der Waals surface area (Å²) in [6.45, 7) is 4.91. The summed E-state index contributed by atoms with van der Waals surface area (Å²) < 4.78 is 39.9. The maximum atomic E-state index is 13.3. The Morgan fingerprint density at radius 2 is 2.10 bits per heavy atom. The van der Waals surface area contributed by atoms with E-state index >= 15 is 0 Å². The molecule has 7 heteroatoms. The molecule has 30 heavy (non-hydrogen) atoms. The lowest BCUT2D eigenvalue weighted by atomic mass is 9.70. The van der Waals surface area contributed by atoms with Crippen molar-refractivity contribution in [3.05, 3.63) is 53.6 Å². The van der Waals surface area contributed by atoms with Gasteiger partial charge in [0.25, 0.3) is 0 Å². The summed E-state index contributed by atoms with van der Waals surface area (Å²) in [6.07, 6.45) is 6.95. The van der Waals surface area contributed by atoms with Crippen LogP contribution in [0.1, 0.15) is 50.2 Å². The fourth-order valence-corrected chi connectivity index (χ4v) is 4.73. The predicted molar refractivity (Wildman–Crippen MR) is 120 cm³/mol. The molecule has 3 nitrogen and oxygen atoms in total. The normalized spacial score (nSPS) is 26.6. The van der Waals surface area contributed by atoms with E-state index in [-0.39, 0.29) is 17.9 Å². The van der Waals surface area contributed by atoms with Gasteiger partial charge in [-0.2, -0.15) is 13.2 Å². The summed E-state index contributed by atoms with van der Waals surface area (Å²) in [5, 5.41) is 6.89. The minimum atomic E-state index is -4.33. The van der Waals surface area contributed by atoms with Crippen molar-refractivity contribution in [2.24, 2.45) is 23.5 Å². The number of anilines is 1. The monoisotopic (exact) mass is 437 g/mol. The van der Waals surface area contributed by atoms with Crippen molar-refractivity contribution < 1.29 is 13.2 Å². The Labute approximate surface area is 182 Å². The SMILES string of the molecule is C[C@H](CC[C@@H]1[C@H](C)c2cc(C(F)(F)F)ccc2N[C@H]1C1C=CC=CC1)CNC(N)=S. The van der Waals surface area contributed by atoms with Gasteiger partial charge in [-0.15, -0.1) is 0 Å². The van der Waals surface area contributed by atoms with Crippen LogP contribution in [-0.4, -0.2) is 17.7 Å². The van der Waals surface area contributed by atoms with Gasteiger partial charge < -0.3 is 16.4 Å². The second kappa shape index (κ2) is 9.41. The Kier molecular flexibility index (Phi) is 7.11. The number of hydrogen-bond donors (Lipinski definition) is 3. The van der Waals surface area contributed by atoms with E-state index < -0.39 is 11.7 Å². The topological polar surface area (TPSA) is 50.1 Å². The summed E-state index contributed by atoms with van der Waals surface area (Å²) in [4.78, 5) is 0. The largest absolute Gasteiger partial charge is 0.416 e. The van der Waals surface area contributed by atoms with Gasteiger partial charge in [0, 0.05) is 24.2 Å². The molecule has 0 aromatic heterocycles. The number of alkyl halides is 3. The van der Waals surface area contributed by atoms with Crippen molar-refractivity contribution in [3.8, 4) is 0 Å². The van der Waals surface area contributed by atoms with Gasteiger partial charge in [-0.1, -0.05) is 38.2 Å². The molecule has 0 saturated carbocycles. The Balaban J connectivity index is 1.83. The molecule has 4 N–H and O–H groups in total. The number of thiocarbonyl (C=S) groups is 1. The minimum absolute atomic E-state index is 0.0311. The van der Waals surface area contributed by atoms with E-state index in [0.29, 0.717) is 23.5 Å². The molecule has 0 amide bonds. The minimum Gasteiger partial charge on any atom is -0.381 e. The molecule has 1 aromatic carbocycles. The van der Waals surface area contributed by atoms with Crippen LogP contribution in [0.3, 0.4) is 0 Å². The van der Waals surface area contributed by atoms with Gasteiger partial charge in [0.05, 0.1) is 5.56 Å². The highest BCUT2D eigenvalue weighted by atomic mass is 32.1. The smallest absolute Gasteiger partial charge is 0.381 e. The lowest BCUT2D eigenvalue weighted by Gasteiger charge is -2.43. The van der Waals surface area contributed by atoms with Gasteiger partial charge in [0.2, 0.25) is 0 Å². The Hall–Kier alpha value is -2.02. The summed E-state index contributed by atoms with van der Waals surface area (Å²) in [5.74, 6) is 0.949. The number of nitrogens with one attached hydrogen (secondary N) is 2. The lowest BCUT2D eigenvalue weighted by Crippen LogP contribution is -2.42. The van der Waals surface area contributed by atoms with Crippen LogP contribution in [0, 0.1) is 17.8 Å². The highest BCUT2D eigenvalue weighted by Crippen LogP contribution is 2.45. The molecular weight excluding hydrogens is 407 g/mol. The fourth-order valence-electron chi connectivity index (χ4n) is 4.65. The first kappa shape index (κ1) is 22.7. The third-order valence-electron chi connectivity index (χ3n) is 6.39. The van der Waals surface area contributed by atoms with Crippen LogP contribution >= 0.6 is 12.2 Å². The van der Waals surface area contributed by atoms with Crippen LogP contribution in [0.2, 0.25) is 0 Å². The van der Waals surface area contributed by atoms with Crippen LogP contribution < -0.4 is 16.4 Å². The zero-order valence-electron chi connectivity index (χ0n) is 17.4. The van der Waals surface area contributed by atoms with Gasteiger partial charge >= 0.3 is 6.18 Å². The molecule has 0 radical (unpaired) electrons. The summed E-state index contributed by atoms with van der Waals surface area (Å²) in [6, 6.07) is 4.27. The first-order chi connectivity index (χ1) is 14.2. The van der Waals surface area contributed by atoms with E-state index in [1.54, 1.807) is 6.07 Å². The molecule has 1 heterocycles. The van der Waals surface area contributed by atoms with E-state index in [1.807, 2.05) is 6.08 Å². The molecule has 1 aromatic rings. The van der Waals surface area contributed by atoms with E-state index in [1.165, 1.54) is 12.1 Å². The van der Waals surface area contributed by atoms with Crippen LogP contribution in [0.5, 0.6) is 0 Å². The second-order valence-electron chi connectivity index (χ2n) is 8.56. The Morgan fingerprint density at radius 3 is 2.73 bits per heavy atom. The third-order valence-corrected chi connectivity index (χ3v) is 6.53. The predicted octanol–water partition coefficient (Wildman–Crippen LogP) is 5.60. The second-order valence-corrected chi connectivity index (χ2v) is 9.00. The molecule has 3 rings (SSSR count). The average Bonchev–Trinajstić information content (AvgIpc) is 2.71. The average molecular weight is 438 g/mol. The number of halogens is 3. The molecule has 0 spiro atoms. The maximum Gasteiger partial charge on any atom is 0.416 e. The van der Waals surface area contributed by atoms with E-state index in [0.717, 1.165) is 30.5 Å². The van der Waals surface area contributed by atoms with Gasteiger partial charge in [-0.25, -0.2) is 0 Å². The van der Waals surface area contributed by atoms with Crippen LogP contribution in [0.15, 0.2) is 42.5 Å². The summed E-state index contributed by atoms with van der Waals surface area (Å²) in [5.41, 5.74) is 6.53. The maximum absolute atomic E-state index is 13.3. The van der Waals surface area contributed by atoms with Crippen LogP contribution in [0.4, 0.5) is 18.9 Å². The molecule has 1 aliphatic heterocycles. The van der Waals surface area contributed by atoms with E-state index in [9.17, 15) is 13.2 Å². The van der Waals surface area contributed by atoms with Gasteiger partial charge in [0.1, 0.15) is 0 Å². The molecule has 164 valence electrons. The number of benzene rings is 1. The fraction of sp³-hybridized carbons (Fsp3) is 0.522. The van der Waals surface area contributed by atoms with Crippen molar-refractivity contribution in [2.45, 2.75) is 51.2 Å². The molecular formula is C23H30F3N3S. The number of nitrogens with two attached hydrogens (primary N) is 1. The Bertz CT molecular complexity index is 818. The van der Waals surface area contributed by atoms with Crippen molar-refractivity contribution in [1.29, 1.82) is 0 Å². The number of rotatable bonds is 6. The standard InChI is InChI=1S/C23H30F3N3S/c1-14(13-28-22(27)30)8-10-18-15(2)19-12-17(23(24,25)26)9-11-20(19)29-21(18)16-6-4-3-5-7-16/h3-6,9,11-12,14-16,18,21,29H,7-8,10,13H2,1-2H3,(H3,27,28,30)/t14-,15+,16?,18-,21+/m1/s1. The van der Waals surface area contributed by atoms with Crippen molar-refractivity contribution in [2.75, 3.05) is 11.9 Å². The highest BCUT2D eigenvalue weighted by molar-refractivity contribution is 7.80. The van der Waals surface area contributed by atoms with Crippen molar-refractivity contribution in [1.82, 2.24) is 5.32 Å². The van der Waals surface area contributed by atoms with Gasteiger partial charge in [0.15, 0.2) is 5.11 Å². The first-order valence-corrected chi connectivity index (χ1v) is 10.9. The summed E-state index contributed by atoms with van der Waals surface area (Å²) in [7, 11) is 0. The van der Waals surface area contributed by atoms with Crippen molar-refractivity contribution >= 4 is 23.0 Å². The zero-order valence-corrected chi connectivity index (χ0v) is 18.2. The molecule has 2 aliphatic rings. The quantitative estimate of drug-likeness (QED) is 0.507. The van der Waals surface area contributed by atoms with E-state index in [2.05, 4.69) is 42.7 Å². The van der Waals surface area contributed by atoms with Gasteiger partial charge in [-0.3, -0.25) is 0 Å². The molecule has 1 unspecified atom stereocenters. The number of allylic oxidation sites excluding steroid dienone is 3. The first-order valence-electron chi connectivity index (χ1n) is 10.5. The van der Waals surface area contributed by atoms with Gasteiger partial charge in [-0.05, 0) is 73.0 Å². The molecule has 0 fully saturated rings. The Morgan fingerprint density at radius 1 is 1.33 bits per heavy atom. The summed E-state index contributed by atoms with van der Waals surface area (Å²) >= 11 is 4.88. The molecule has 0 bridgehead atoms. The van der Waals surface area contributed by atoms with E-state index in [4.69, 9.17) is 18.0 Å². The highest BCUT2D eigenvalue weighted by Gasteiger charge is 2.39. The van der Waals surface area contributed by atoms with Crippen LogP contribution in [-0.2, 0) is 6.18 Å².